The smallest absolute Gasteiger partial charge is 0.407 e. The summed E-state index contributed by atoms with van der Waals surface area (Å²) in [7, 11) is 1.56. The van der Waals surface area contributed by atoms with Gasteiger partial charge in [0.25, 0.3) is 0 Å². The zero-order valence-corrected chi connectivity index (χ0v) is 23.5. The third kappa shape index (κ3) is 14.6. The van der Waals surface area contributed by atoms with Gasteiger partial charge in [0.15, 0.2) is 5.12 Å². The number of carbonyl (C=O) groups excluding carboxylic acids is 5. The zero-order valence-electron chi connectivity index (χ0n) is 22.7. The average Bonchev–Trinajstić information content (AvgIpc) is 2.84. The molecule has 0 aliphatic rings. The van der Waals surface area contributed by atoms with Crippen molar-refractivity contribution in [2.24, 2.45) is 11.7 Å². The van der Waals surface area contributed by atoms with Crippen LogP contribution in [0.2, 0.25) is 0 Å². The lowest BCUT2D eigenvalue weighted by Crippen LogP contribution is -2.40. The van der Waals surface area contributed by atoms with E-state index in [2.05, 4.69) is 10.6 Å². The Morgan fingerprint density at radius 3 is 2.29 bits per heavy atom. The van der Waals surface area contributed by atoms with Gasteiger partial charge in [-0.3, -0.25) is 24.5 Å². The second kappa shape index (κ2) is 16.7. The van der Waals surface area contributed by atoms with Gasteiger partial charge in [0, 0.05) is 31.6 Å². The zero-order chi connectivity index (χ0) is 28.7. The molecule has 0 saturated heterocycles. The summed E-state index contributed by atoms with van der Waals surface area (Å²) in [6.45, 7) is 6.86. The van der Waals surface area contributed by atoms with Gasteiger partial charge in [-0.05, 0) is 57.7 Å². The van der Waals surface area contributed by atoms with E-state index >= 15 is 0 Å². The van der Waals surface area contributed by atoms with Crippen LogP contribution < -0.4 is 21.1 Å². The fourth-order valence-corrected chi connectivity index (χ4v) is 3.81. The van der Waals surface area contributed by atoms with Crippen molar-refractivity contribution < 1.29 is 38.2 Å². The van der Waals surface area contributed by atoms with Crippen LogP contribution in [0.1, 0.15) is 58.9 Å². The Balaban J connectivity index is 2.45. The highest BCUT2D eigenvalue weighted by molar-refractivity contribution is 8.13. The Kier molecular flexibility index (Phi) is 14.4. The van der Waals surface area contributed by atoms with Crippen molar-refractivity contribution in [2.75, 3.05) is 19.4 Å². The predicted molar refractivity (Wildman–Crippen MR) is 143 cm³/mol. The van der Waals surface area contributed by atoms with Crippen LogP contribution in [0, 0.1) is 5.92 Å². The standard InChI is InChI=1S/C26H39N3O8S/c1-17(30)38-16-19(23(32)29-22(31)13-12-21(27)24(33)37-26(2,3)4)7-6-14-28-25(34)36-15-18-8-10-20(35-5)11-9-18/h8-11,19,21H,6-7,12-16,27H2,1-5H3,(H,28,34)(H,29,31,32)/t19?,21-/m0/s1. The van der Waals surface area contributed by atoms with Gasteiger partial charge in [0.1, 0.15) is 24.0 Å². The molecule has 0 bridgehead atoms. The van der Waals surface area contributed by atoms with Crippen LogP contribution in [0.25, 0.3) is 0 Å². The van der Waals surface area contributed by atoms with Crippen molar-refractivity contribution in [3.8, 4) is 5.75 Å². The number of imide groups is 1. The first kappa shape index (κ1) is 32.9. The number of rotatable bonds is 14. The van der Waals surface area contributed by atoms with E-state index in [4.69, 9.17) is 19.9 Å². The first-order chi connectivity index (χ1) is 17.8. The maximum Gasteiger partial charge on any atom is 0.407 e. The van der Waals surface area contributed by atoms with Crippen molar-refractivity contribution >= 4 is 40.8 Å². The summed E-state index contributed by atoms with van der Waals surface area (Å²) >= 11 is 0.982. The van der Waals surface area contributed by atoms with E-state index in [-0.39, 0.29) is 36.9 Å². The summed E-state index contributed by atoms with van der Waals surface area (Å²) in [5.74, 6) is -1.48. The molecule has 212 valence electrons. The van der Waals surface area contributed by atoms with Crippen LogP contribution in [0.15, 0.2) is 24.3 Å². The van der Waals surface area contributed by atoms with E-state index in [1.54, 1.807) is 52.1 Å². The number of nitrogens with two attached hydrogens (primary N) is 1. The van der Waals surface area contributed by atoms with Crippen LogP contribution in [0.4, 0.5) is 4.79 Å². The first-order valence-electron chi connectivity index (χ1n) is 12.3. The maximum atomic E-state index is 12.7. The molecule has 3 amide bonds. The van der Waals surface area contributed by atoms with E-state index in [0.717, 1.165) is 17.3 Å². The fourth-order valence-electron chi connectivity index (χ4n) is 3.05. The van der Waals surface area contributed by atoms with Crippen molar-refractivity contribution in [2.45, 2.75) is 71.6 Å². The number of hydrogen-bond acceptors (Lipinski definition) is 10. The molecule has 1 unspecified atom stereocenters. The van der Waals surface area contributed by atoms with Crippen molar-refractivity contribution in [3.05, 3.63) is 29.8 Å². The highest BCUT2D eigenvalue weighted by Crippen LogP contribution is 2.16. The third-order valence-corrected chi connectivity index (χ3v) is 6.02. The van der Waals surface area contributed by atoms with Crippen LogP contribution in [0.3, 0.4) is 0 Å². The molecule has 2 atom stereocenters. The largest absolute Gasteiger partial charge is 0.497 e. The van der Waals surface area contributed by atoms with Gasteiger partial charge in [-0.2, -0.15) is 0 Å². The predicted octanol–water partition coefficient (Wildman–Crippen LogP) is 2.69. The Bertz CT molecular complexity index is 947. The molecule has 0 saturated carbocycles. The Labute approximate surface area is 227 Å². The molecule has 1 aromatic rings. The summed E-state index contributed by atoms with van der Waals surface area (Å²) < 4.78 is 15.4. The van der Waals surface area contributed by atoms with Gasteiger partial charge in [-0.1, -0.05) is 23.9 Å². The maximum absolute atomic E-state index is 12.7. The number of nitrogens with one attached hydrogen (secondary N) is 2. The molecule has 0 heterocycles. The number of ether oxygens (including phenoxy) is 3. The minimum Gasteiger partial charge on any atom is -0.497 e. The van der Waals surface area contributed by atoms with Crippen LogP contribution in [0.5, 0.6) is 5.75 Å². The number of amides is 3. The molecule has 0 spiro atoms. The molecular weight excluding hydrogens is 514 g/mol. The van der Waals surface area contributed by atoms with Crippen LogP contribution >= 0.6 is 11.8 Å². The molecule has 12 heteroatoms. The number of hydrogen-bond donors (Lipinski definition) is 3. The second-order valence-corrected chi connectivity index (χ2v) is 10.8. The molecular formula is C26H39N3O8S. The summed E-state index contributed by atoms with van der Waals surface area (Å²) in [6, 6.07) is 6.11. The van der Waals surface area contributed by atoms with Gasteiger partial charge in [0.05, 0.1) is 7.11 Å². The molecule has 0 aliphatic carbocycles. The Morgan fingerprint density at radius 1 is 1.05 bits per heavy atom. The van der Waals surface area contributed by atoms with Crippen molar-refractivity contribution in [1.29, 1.82) is 0 Å². The average molecular weight is 554 g/mol. The van der Waals surface area contributed by atoms with E-state index in [1.165, 1.54) is 6.92 Å². The SMILES string of the molecule is COc1ccc(COC(=O)NCCCC(CSC(C)=O)C(=O)NC(=O)CC[C@H](N)C(=O)OC(C)(C)C)cc1. The highest BCUT2D eigenvalue weighted by atomic mass is 32.2. The fraction of sp³-hybridized carbons (Fsp3) is 0.577. The third-order valence-electron chi connectivity index (χ3n) is 5.04. The summed E-state index contributed by atoms with van der Waals surface area (Å²) in [5, 5.41) is 4.78. The van der Waals surface area contributed by atoms with Gasteiger partial charge in [-0.25, -0.2) is 4.79 Å². The topological polar surface area (TPSA) is 163 Å². The highest BCUT2D eigenvalue weighted by Gasteiger charge is 2.25. The monoisotopic (exact) mass is 553 g/mol. The number of esters is 1. The van der Waals surface area contributed by atoms with Gasteiger partial charge >= 0.3 is 12.1 Å². The quantitative estimate of drug-likeness (QED) is 0.230. The minimum absolute atomic E-state index is 0.0173. The summed E-state index contributed by atoms with van der Waals surface area (Å²) in [5.41, 5.74) is 5.89. The Morgan fingerprint density at radius 2 is 1.71 bits per heavy atom. The molecule has 4 N–H and O–H groups in total. The lowest BCUT2D eigenvalue weighted by atomic mass is 10.0. The van der Waals surface area contributed by atoms with Gasteiger partial charge < -0.3 is 25.3 Å². The second-order valence-electron chi connectivity index (χ2n) is 9.58. The summed E-state index contributed by atoms with van der Waals surface area (Å²) in [4.78, 5) is 60.2. The minimum atomic E-state index is -0.991. The molecule has 1 aromatic carbocycles. The lowest BCUT2D eigenvalue weighted by molar-refractivity contribution is -0.156. The molecule has 0 fully saturated rings. The van der Waals surface area contributed by atoms with E-state index in [9.17, 15) is 24.0 Å². The number of alkyl carbamates (subject to hydrolysis) is 1. The van der Waals surface area contributed by atoms with Crippen LogP contribution in [-0.2, 0) is 35.3 Å². The van der Waals surface area contributed by atoms with E-state index in [0.29, 0.717) is 18.6 Å². The van der Waals surface area contributed by atoms with Crippen molar-refractivity contribution in [1.82, 2.24) is 10.6 Å². The number of benzene rings is 1. The number of methoxy groups -OCH3 is 1. The number of carbonyl (C=O) groups is 5. The molecule has 0 aliphatic heterocycles. The molecule has 0 radical (unpaired) electrons. The van der Waals surface area contributed by atoms with Crippen molar-refractivity contribution in [3.63, 3.8) is 0 Å². The van der Waals surface area contributed by atoms with E-state index in [1.807, 2.05) is 0 Å². The van der Waals surface area contributed by atoms with Gasteiger partial charge in [-0.15, -0.1) is 0 Å². The molecule has 11 nitrogen and oxygen atoms in total. The number of thioether (sulfide) groups is 1. The summed E-state index contributed by atoms with van der Waals surface area (Å²) in [6.07, 6.45) is 0.0297. The molecule has 1 rings (SSSR count). The first-order valence-corrected chi connectivity index (χ1v) is 13.3. The van der Waals surface area contributed by atoms with Gasteiger partial charge in [0.2, 0.25) is 11.8 Å². The van der Waals surface area contributed by atoms with E-state index < -0.39 is 41.4 Å². The molecule has 0 aromatic heterocycles. The molecule has 38 heavy (non-hydrogen) atoms. The van der Waals surface area contributed by atoms with Crippen LogP contribution in [-0.4, -0.2) is 60.0 Å². The lowest BCUT2D eigenvalue weighted by Gasteiger charge is -2.22. The Hall–Kier alpha value is -3.12. The normalized spacial score (nSPS) is 12.6.